The van der Waals surface area contributed by atoms with Gasteiger partial charge in [0.2, 0.25) is 5.91 Å². The Hall–Kier alpha value is -1.78. The minimum absolute atomic E-state index is 0.130. The molecule has 1 aromatic carbocycles. The van der Waals surface area contributed by atoms with Gasteiger partial charge in [-0.15, -0.1) is 0 Å². The predicted molar refractivity (Wildman–Crippen MR) is 75.4 cm³/mol. The van der Waals surface area contributed by atoms with E-state index < -0.39 is 11.7 Å². The fourth-order valence-corrected chi connectivity index (χ4v) is 2.16. The van der Waals surface area contributed by atoms with Crippen molar-refractivity contribution in [2.24, 2.45) is 5.92 Å². The maximum Gasteiger partial charge on any atom is 0.416 e. The molecule has 21 heavy (non-hydrogen) atoms. The Balaban J connectivity index is 1.98. The van der Waals surface area contributed by atoms with E-state index in [1.165, 1.54) is 18.2 Å². The van der Waals surface area contributed by atoms with Crippen LogP contribution in [0.15, 0.2) is 30.3 Å². The second-order valence-corrected chi connectivity index (χ2v) is 5.48. The Morgan fingerprint density at radius 3 is 2.33 bits per heavy atom. The number of rotatable bonds is 4. The van der Waals surface area contributed by atoms with Gasteiger partial charge in [-0.1, -0.05) is 12.1 Å². The van der Waals surface area contributed by atoms with Crippen LogP contribution in [0, 0.1) is 5.92 Å². The summed E-state index contributed by atoms with van der Waals surface area (Å²) in [5.41, 5.74) is -0.116. The standard InChI is InChI=1S/C16H18F3NO/c1-11(13-6-7-13)20(2)15(21)10-5-12-3-8-14(9-4-12)16(17,18)19/h3-5,8-11,13H,6-7H2,1-2H3/b10-5+. The Morgan fingerprint density at radius 1 is 1.29 bits per heavy atom. The molecule has 1 saturated carbocycles. The SMILES string of the molecule is CC(C1CC1)N(C)C(=O)/C=C/c1ccc(C(F)(F)F)cc1. The number of amides is 1. The molecule has 2 nitrogen and oxygen atoms in total. The summed E-state index contributed by atoms with van der Waals surface area (Å²) in [5, 5.41) is 0. The number of carbonyl (C=O) groups excluding carboxylic acids is 1. The average Bonchev–Trinajstić information content (AvgIpc) is 3.27. The topological polar surface area (TPSA) is 20.3 Å². The van der Waals surface area contributed by atoms with E-state index in [4.69, 9.17) is 0 Å². The number of nitrogens with zero attached hydrogens (tertiary/aromatic N) is 1. The summed E-state index contributed by atoms with van der Waals surface area (Å²) in [6.07, 6.45) is 0.918. The van der Waals surface area contributed by atoms with Gasteiger partial charge < -0.3 is 4.90 Å². The van der Waals surface area contributed by atoms with Crippen LogP contribution in [-0.2, 0) is 11.0 Å². The van der Waals surface area contributed by atoms with Gasteiger partial charge in [-0.3, -0.25) is 4.79 Å². The number of carbonyl (C=O) groups is 1. The summed E-state index contributed by atoms with van der Waals surface area (Å²) < 4.78 is 37.3. The Labute approximate surface area is 122 Å². The Kier molecular flexibility index (Phi) is 4.40. The van der Waals surface area contributed by atoms with Crippen LogP contribution < -0.4 is 0 Å². The average molecular weight is 297 g/mol. The van der Waals surface area contributed by atoms with Crippen LogP contribution in [-0.4, -0.2) is 23.9 Å². The van der Waals surface area contributed by atoms with Gasteiger partial charge in [-0.25, -0.2) is 0 Å². The lowest BCUT2D eigenvalue weighted by Crippen LogP contribution is -2.35. The van der Waals surface area contributed by atoms with Crippen molar-refractivity contribution in [2.45, 2.75) is 32.0 Å². The van der Waals surface area contributed by atoms with Crippen LogP contribution in [0.2, 0.25) is 0 Å². The highest BCUT2D eigenvalue weighted by Crippen LogP contribution is 2.34. The first-order valence-electron chi connectivity index (χ1n) is 6.91. The van der Waals surface area contributed by atoms with Crippen LogP contribution >= 0.6 is 0 Å². The molecule has 114 valence electrons. The van der Waals surface area contributed by atoms with Crippen molar-refractivity contribution in [1.29, 1.82) is 0 Å². The van der Waals surface area contributed by atoms with Gasteiger partial charge in [0.05, 0.1) is 5.56 Å². The maximum atomic E-state index is 12.4. The largest absolute Gasteiger partial charge is 0.416 e. The van der Waals surface area contributed by atoms with Gasteiger partial charge in [0.15, 0.2) is 0 Å². The quantitative estimate of drug-likeness (QED) is 0.770. The lowest BCUT2D eigenvalue weighted by atomic mass is 10.1. The monoisotopic (exact) mass is 297 g/mol. The van der Waals surface area contributed by atoms with E-state index in [1.807, 2.05) is 6.92 Å². The van der Waals surface area contributed by atoms with E-state index in [0.29, 0.717) is 11.5 Å². The summed E-state index contributed by atoms with van der Waals surface area (Å²) in [7, 11) is 1.75. The smallest absolute Gasteiger partial charge is 0.339 e. The number of hydrogen-bond acceptors (Lipinski definition) is 1. The third kappa shape index (κ3) is 4.09. The van der Waals surface area contributed by atoms with E-state index in [2.05, 4.69) is 0 Å². The van der Waals surface area contributed by atoms with Gasteiger partial charge in [0.1, 0.15) is 0 Å². The van der Waals surface area contributed by atoms with Crippen LogP contribution in [0.3, 0.4) is 0 Å². The summed E-state index contributed by atoms with van der Waals surface area (Å²) >= 11 is 0. The molecule has 1 amide bonds. The number of halogens is 3. The van der Waals surface area contributed by atoms with Gasteiger partial charge >= 0.3 is 6.18 Å². The van der Waals surface area contributed by atoms with Crippen molar-refractivity contribution in [3.05, 3.63) is 41.5 Å². The van der Waals surface area contributed by atoms with Crippen molar-refractivity contribution in [3.63, 3.8) is 0 Å². The van der Waals surface area contributed by atoms with Crippen molar-refractivity contribution in [3.8, 4) is 0 Å². The molecule has 0 aliphatic heterocycles. The van der Waals surface area contributed by atoms with Gasteiger partial charge in [-0.05, 0) is 49.5 Å². The minimum Gasteiger partial charge on any atom is -0.339 e. The van der Waals surface area contributed by atoms with Crippen LogP contribution in [0.5, 0.6) is 0 Å². The van der Waals surface area contributed by atoms with E-state index in [1.54, 1.807) is 18.0 Å². The first-order chi connectivity index (χ1) is 9.79. The normalized spacial score (nSPS) is 17.0. The molecule has 0 heterocycles. The second kappa shape index (κ2) is 5.92. The van der Waals surface area contributed by atoms with E-state index in [9.17, 15) is 18.0 Å². The minimum atomic E-state index is -4.34. The zero-order valence-corrected chi connectivity index (χ0v) is 12.0. The third-order valence-corrected chi connectivity index (χ3v) is 3.92. The number of likely N-dealkylation sites (N-methyl/N-ethyl adjacent to an activating group) is 1. The molecule has 0 bridgehead atoms. The van der Waals surface area contributed by atoms with Crippen molar-refractivity contribution in [1.82, 2.24) is 4.90 Å². The molecule has 1 aliphatic carbocycles. The number of benzene rings is 1. The van der Waals surface area contributed by atoms with Crippen molar-refractivity contribution < 1.29 is 18.0 Å². The zero-order valence-electron chi connectivity index (χ0n) is 12.0. The van der Waals surface area contributed by atoms with E-state index in [0.717, 1.165) is 25.0 Å². The molecule has 1 aromatic rings. The third-order valence-electron chi connectivity index (χ3n) is 3.92. The molecule has 0 saturated heterocycles. The van der Waals surface area contributed by atoms with Crippen LogP contribution in [0.25, 0.3) is 6.08 Å². The Morgan fingerprint density at radius 2 is 1.86 bits per heavy atom. The predicted octanol–water partition coefficient (Wildman–Crippen LogP) is 3.98. The fraction of sp³-hybridized carbons (Fsp3) is 0.438. The summed E-state index contributed by atoms with van der Waals surface area (Å²) in [4.78, 5) is 13.7. The summed E-state index contributed by atoms with van der Waals surface area (Å²) in [5.74, 6) is 0.452. The molecule has 1 atom stereocenters. The number of hydrogen-bond donors (Lipinski definition) is 0. The first-order valence-corrected chi connectivity index (χ1v) is 6.91. The van der Waals surface area contributed by atoms with Gasteiger partial charge in [0.25, 0.3) is 0 Å². The summed E-state index contributed by atoms with van der Waals surface area (Å²) in [6, 6.07) is 4.95. The lowest BCUT2D eigenvalue weighted by molar-refractivity contribution is -0.137. The summed E-state index contributed by atoms with van der Waals surface area (Å²) in [6.45, 7) is 2.02. The van der Waals surface area contributed by atoms with E-state index >= 15 is 0 Å². The molecule has 0 radical (unpaired) electrons. The van der Waals surface area contributed by atoms with Crippen LogP contribution in [0.4, 0.5) is 13.2 Å². The van der Waals surface area contributed by atoms with E-state index in [-0.39, 0.29) is 11.9 Å². The van der Waals surface area contributed by atoms with Crippen molar-refractivity contribution in [2.75, 3.05) is 7.05 Å². The zero-order chi connectivity index (χ0) is 15.6. The fourth-order valence-electron chi connectivity index (χ4n) is 2.16. The van der Waals surface area contributed by atoms with Gasteiger partial charge in [-0.2, -0.15) is 13.2 Å². The molecule has 0 aromatic heterocycles. The van der Waals surface area contributed by atoms with Gasteiger partial charge in [0, 0.05) is 19.2 Å². The second-order valence-electron chi connectivity index (χ2n) is 5.48. The molecular formula is C16H18F3NO. The van der Waals surface area contributed by atoms with Crippen molar-refractivity contribution >= 4 is 12.0 Å². The first kappa shape index (κ1) is 15.6. The Bertz CT molecular complexity index is 529. The molecule has 1 aliphatic rings. The molecule has 1 fully saturated rings. The highest BCUT2D eigenvalue weighted by Gasteiger charge is 2.32. The van der Waals surface area contributed by atoms with Crippen LogP contribution in [0.1, 0.15) is 30.9 Å². The highest BCUT2D eigenvalue weighted by molar-refractivity contribution is 5.91. The lowest BCUT2D eigenvalue weighted by Gasteiger charge is -2.23. The molecule has 0 N–H and O–H groups in total. The molecule has 2 rings (SSSR count). The molecule has 1 unspecified atom stereocenters. The molecule has 0 spiro atoms. The molecular weight excluding hydrogens is 279 g/mol. The maximum absolute atomic E-state index is 12.4. The highest BCUT2D eigenvalue weighted by atomic mass is 19.4. The number of alkyl halides is 3. The molecule has 5 heteroatoms.